The molecule has 0 bridgehead atoms. The van der Waals surface area contributed by atoms with Gasteiger partial charge in [0, 0.05) is 26.2 Å². The summed E-state index contributed by atoms with van der Waals surface area (Å²) in [6, 6.07) is 1.77. The van der Waals surface area contributed by atoms with Crippen molar-refractivity contribution >= 4 is 24.2 Å². The van der Waals surface area contributed by atoms with Crippen LogP contribution in [0.25, 0.3) is 0 Å². The number of hydrogen-bond acceptors (Lipinski definition) is 4. The molecule has 0 spiro atoms. The predicted octanol–water partition coefficient (Wildman–Crippen LogP) is 0.822. The molecule has 2 rings (SSSR count). The molecule has 1 aromatic rings. The van der Waals surface area contributed by atoms with Crippen LogP contribution in [0.2, 0.25) is 0 Å². The second kappa shape index (κ2) is 7.47. The monoisotopic (exact) mass is 315 g/mol. The van der Waals surface area contributed by atoms with Crippen LogP contribution in [0.3, 0.4) is 0 Å². The minimum atomic E-state index is -0.0138. The summed E-state index contributed by atoms with van der Waals surface area (Å²) in [6.07, 6.45) is 0. The molecule has 0 aliphatic carbocycles. The minimum Gasteiger partial charge on any atom is -0.466 e. The van der Waals surface area contributed by atoms with Crippen molar-refractivity contribution in [3.63, 3.8) is 0 Å². The van der Waals surface area contributed by atoms with Crippen LogP contribution in [-0.4, -0.2) is 61.4 Å². The van der Waals surface area contributed by atoms with Crippen molar-refractivity contribution in [2.24, 2.45) is 0 Å². The van der Waals surface area contributed by atoms with Gasteiger partial charge in [0.25, 0.3) is 5.91 Å². The van der Waals surface area contributed by atoms with Gasteiger partial charge in [0.15, 0.2) is 0 Å². The lowest BCUT2D eigenvalue weighted by molar-refractivity contribution is -0.131. The van der Waals surface area contributed by atoms with Gasteiger partial charge in [0.2, 0.25) is 5.91 Å². The second-order valence-electron chi connectivity index (χ2n) is 5.03. The molecule has 1 aliphatic heterocycles. The number of nitrogens with one attached hydrogen (secondary N) is 1. The van der Waals surface area contributed by atoms with Crippen molar-refractivity contribution in [2.45, 2.75) is 13.8 Å². The van der Waals surface area contributed by atoms with Gasteiger partial charge in [-0.2, -0.15) is 0 Å². The van der Waals surface area contributed by atoms with E-state index in [9.17, 15) is 9.59 Å². The molecule has 21 heavy (non-hydrogen) atoms. The number of halogens is 1. The van der Waals surface area contributed by atoms with E-state index >= 15 is 0 Å². The molecule has 1 aromatic heterocycles. The number of nitrogens with zero attached hydrogens (tertiary/aromatic N) is 2. The van der Waals surface area contributed by atoms with E-state index in [2.05, 4.69) is 5.32 Å². The molecule has 6 nitrogen and oxygen atoms in total. The van der Waals surface area contributed by atoms with Crippen molar-refractivity contribution in [1.29, 1.82) is 0 Å². The third kappa shape index (κ3) is 3.98. The van der Waals surface area contributed by atoms with Crippen LogP contribution in [0.1, 0.15) is 21.9 Å². The Kier molecular flexibility index (Phi) is 6.23. The van der Waals surface area contributed by atoms with Crippen LogP contribution in [0.15, 0.2) is 10.5 Å². The first-order valence-corrected chi connectivity index (χ1v) is 6.81. The highest BCUT2D eigenvalue weighted by molar-refractivity contribution is 5.95. The summed E-state index contributed by atoms with van der Waals surface area (Å²) >= 11 is 0. The van der Waals surface area contributed by atoms with E-state index in [0.29, 0.717) is 44.0 Å². The highest BCUT2D eigenvalue weighted by Gasteiger charge is 2.26. The molecule has 1 saturated heterocycles. The molecule has 0 radical (unpaired) electrons. The Bertz CT molecular complexity index is 508. The van der Waals surface area contributed by atoms with Crippen LogP contribution in [0, 0.1) is 13.8 Å². The number of carbonyl (C=O) groups is 2. The Labute approximate surface area is 130 Å². The van der Waals surface area contributed by atoms with Crippen LogP contribution >= 0.6 is 12.4 Å². The van der Waals surface area contributed by atoms with E-state index in [1.54, 1.807) is 29.8 Å². The van der Waals surface area contributed by atoms with Gasteiger partial charge in [-0.1, -0.05) is 0 Å². The molecule has 1 aliphatic rings. The Morgan fingerprint density at radius 1 is 1.19 bits per heavy atom. The summed E-state index contributed by atoms with van der Waals surface area (Å²) in [5.74, 6) is 1.46. The first-order valence-electron chi connectivity index (χ1n) is 6.81. The van der Waals surface area contributed by atoms with Gasteiger partial charge in [-0.05, 0) is 27.0 Å². The molecule has 2 amide bonds. The number of hydrogen-bond donors (Lipinski definition) is 1. The average Bonchev–Trinajstić information content (AvgIpc) is 2.77. The maximum Gasteiger partial charge on any atom is 0.257 e. The third-order valence-corrected chi connectivity index (χ3v) is 3.52. The van der Waals surface area contributed by atoms with E-state index in [1.165, 1.54) is 0 Å². The summed E-state index contributed by atoms with van der Waals surface area (Å²) in [5, 5.41) is 2.85. The van der Waals surface area contributed by atoms with Crippen molar-refractivity contribution in [2.75, 3.05) is 39.8 Å². The van der Waals surface area contributed by atoms with E-state index in [4.69, 9.17) is 4.42 Å². The smallest absolute Gasteiger partial charge is 0.257 e. The number of likely N-dealkylation sites (N-methyl/N-ethyl adjacent to an activating group) is 1. The van der Waals surface area contributed by atoms with E-state index in [0.717, 1.165) is 5.76 Å². The Morgan fingerprint density at radius 2 is 1.76 bits per heavy atom. The molecule has 118 valence electrons. The Balaban J connectivity index is 0.00000220. The fourth-order valence-electron chi connectivity index (χ4n) is 2.44. The summed E-state index contributed by atoms with van der Waals surface area (Å²) in [4.78, 5) is 27.7. The standard InChI is InChI=1S/C14H21N3O3.ClH/c1-10-8-12(11(2)20-10)14(19)17-6-4-16(5-7-17)13(18)9-15-3;/h8,15H,4-7,9H2,1-3H3;1H. The summed E-state index contributed by atoms with van der Waals surface area (Å²) in [5.41, 5.74) is 0.623. The van der Waals surface area contributed by atoms with Crippen LogP contribution in [0.4, 0.5) is 0 Å². The fraction of sp³-hybridized carbons (Fsp3) is 0.571. The zero-order valence-corrected chi connectivity index (χ0v) is 13.5. The summed E-state index contributed by atoms with van der Waals surface area (Å²) < 4.78 is 5.40. The first kappa shape index (κ1) is 17.5. The van der Waals surface area contributed by atoms with Crippen LogP contribution in [0.5, 0.6) is 0 Å². The van der Waals surface area contributed by atoms with Gasteiger partial charge >= 0.3 is 0 Å². The van der Waals surface area contributed by atoms with Gasteiger partial charge in [-0.15, -0.1) is 12.4 Å². The lowest BCUT2D eigenvalue weighted by Crippen LogP contribution is -2.52. The van der Waals surface area contributed by atoms with Crippen molar-refractivity contribution in [3.8, 4) is 0 Å². The maximum atomic E-state index is 12.4. The Morgan fingerprint density at radius 3 is 2.24 bits per heavy atom. The molecule has 1 N–H and O–H groups in total. The number of aryl methyl sites for hydroxylation is 2. The Hall–Kier alpha value is -1.53. The number of furan rings is 1. The second-order valence-corrected chi connectivity index (χ2v) is 5.03. The van der Waals surface area contributed by atoms with Gasteiger partial charge < -0.3 is 19.5 Å². The SMILES string of the molecule is CNCC(=O)N1CCN(C(=O)c2cc(C)oc2C)CC1.Cl. The van der Waals surface area contributed by atoms with E-state index in [1.807, 2.05) is 6.92 Å². The summed E-state index contributed by atoms with van der Waals surface area (Å²) in [7, 11) is 1.75. The number of carbonyl (C=O) groups excluding carboxylic acids is 2. The average molecular weight is 316 g/mol. The highest BCUT2D eigenvalue weighted by atomic mass is 35.5. The molecular weight excluding hydrogens is 294 g/mol. The van der Waals surface area contributed by atoms with Gasteiger partial charge in [-0.3, -0.25) is 9.59 Å². The lowest BCUT2D eigenvalue weighted by atomic mass is 10.2. The van der Waals surface area contributed by atoms with Crippen molar-refractivity contribution < 1.29 is 14.0 Å². The van der Waals surface area contributed by atoms with E-state index < -0.39 is 0 Å². The maximum absolute atomic E-state index is 12.4. The molecule has 0 saturated carbocycles. The van der Waals surface area contributed by atoms with Crippen molar-refractivity contribution in [1.82, 2.24) is 15.1 Å². The van der Waals surface area contributed by atoms with Crippen LogP contribution < -0.4 is 5.32 Å². The largest absolute Gasteiger partial charge is 0.466 e. The number of amides is 2. The first-order chi connectivity index (χ1) is 9.52. The molecule has 2 heterocycles. The van der Waals surface area contributed by atoms with Gasteiger partial charge in [0.1, 0.15) is 11.5 Å². The topological polar surface area (TPSA) is 65.8 Å². The molecule has 0 unspecified atom stereocenters. The molecule has 0 atom stereocenters. The number of rotatable bonds is 3. The summed E-state index contributed by atoms with van der Waals surface area (Å²) in [6.45, 7) is 6.28. The fourth-order valence-corrected chi connectivity index (χ4v) is 2.44. The molecule has 7 heteroatoms. The zero-order valence-electron chi connectivity index (χ0n) is 12.6. The quantitative estimate of drug-likeness (QED) is 0.897. The number of piperazine rings is 1. The normalized spacial score (nSPS) is 14.8. The highest BCUT2D eigenvalue weighted by Crippen LogP contribution is 2.17. The predicted molar refractivity (Wildman–Crippen MR) is 81.8 cm³/mol. The van der Waals surface area contributed by atoms with Crippen LogP contribution in [-0.2, 0) is 4.79 Å². The molecule has 1 fully saturated rings. The lowest BCUT2D eigenvalue weighted by Gasteiger charge is -2.34. The van der Waals surface area contributed by atoms with Gasteiger partial charge in [-0.25, -0.2) is 0 Å². The zero-order chi connectivity index (χ0) is 14.7. The third-order valence-electron chi connectivity index (χ3n) is 3.52. The minimum absolute atomic E-state index is 0. The molecule has 0 aromatic carbocycles. The van der Waals surface area contributed by atoms with E-state index in [-0.39, 0.29) is 24.2 Å². The van der Waals surface area contributed by atoms with Gasteiger partial charge in [0.05, 0.1) is 12.1 Å². The molecular formula is C14H22ClN3O3. The van der Waals surface area contributed by atoms with Crippen molar-refractivity contribution in [3.05, 3.63) is 23.2 Å².